The van der Waals surface area contributed by atoms with E-state index in [9.17, 15) is 28.3 Å². The number of hydroxylamine groups is 1. The van der Waals surface area contributed by atoms with E-state index in [1.165, 1.54) is 13.3 Å². The van der Waals surface area contributed by atoms with Crippen LogP contribution in [0, 0.1) is 22.9 Å². The fourth-order valence-corrected chi connectivity index (χ4v) is 5.35. The van der Waals surface area contributed by atoms with Crippen molar-refractivity contribution in [1.82, 2.24) is 15.4 Å². The van der Waals surface area contributed by atoms with Crippen LogP contribution in [0.1, 0.15) is 43.0 Å². The van der Waals surface area contributed by atoms with Gasteiger partial charge in [0.15, 0.2) is 11.6 Å². The molecule has 2 aromatic carbocycles. The number of rotatable bonds is 11. The third kappa shape index (κ3) is 6.29. The zero-order valence-electron chi connectivity index (χ0n) is 22.0. The van der Waals surface area contributed by atoms with Gasteiger partial charge in [0, 0.05) is 47.9 Å². The Morgan fingerprint density at radius 3 is 2.62 bits per heavy atom. The average molecular weight is 565 g/mol. The molecule has 0 bridgehead atoms. The number of likely N-dealkylation sites (tertiary alicyclic amines) is 1. The van der Waals surface area contributed by atoms with Gasteiger partial charge in [-0.15, -0.1) is 0 Å². The molecular formula is C28H32F4N4O4. The lowest BCUT2D eigenvalue weighted by atomic mass is 9.73. The molecule has 1 aliphatic heterocycles. The van der Waals surface area contributed by atoms with E-state index < -0.39 is 41.6 Å². The number of alkyl halides is 1. The summed E-state index contributed by atoms with van der Waals surface area (Å²) in [4.78, 5) is 19.1. The maximum Gasteiger partial charge on any atom is 0.249 e. The number of carbonyl (C=O) groups excluding carboxylic acids is 1. The van der Waals surface area contributed by atoms with Gasteiger partial charge in [0.05, 0.1) is 30.3 Å². The number of aliphatic hydroxyl groups is 1. The molecule has 12 heteroatoms. The number of methoxy groups -OCH3 is 1. The van der Waals surface area contributed by atoms with Crippen molar-refractivity contribution in [2.75, 3.05) is 38.6 Å². The number of nitrogens with zero attached hydrogens (tertiary/aromatic N) is 2. The highest BCUT2D eigenvalue weighted by Crippen LogP contribution is 2.41. The number of fused-ring (bicyclic) bond motifs is 1. The Hall–Kier alpha value is -3.48. The molecule has 2 heterocycles. The van der Waals surface area contributed by atoms with Crippen LogP contribution in [0.5, 0.6) is 5.75 Å². The van der Waals surface area contributed by atoms with E-state index in [1.54, 1.807) is 23.7 Å². The number of aromatic nitrogens is 1. The lowest BCUT2D eigenvalue weighted by molar-refractivity contribution is -0.143. The van der Waals surface area contributed by atoms with Crippen LogP contribution in [0.2, 0.25) is 0 Å². The topological polar surface area (TPSA) is 107 Å². The van der Waals surface area contributed by atoms with Crippen molar-refractivity contribution in [3.8, 4) is 5.75 Å². The molecule has 4 rings (SSSR count). The van der Waals surface area contributed by atoms with Gasteiger partial charge in [0.1, 0.15) is 17.7 Å². The van der Waals surface area contributed by atoms with E-state index in [1.807, 2.05) is 4.90 Å². The lowest BCUT2D eigenvalue weighted by Gasteiger charge is -2.40. The van der Waals surface area contributed by atoms with Crippen molar-refractivity contribution in [2.45, 2.75) is 38.5 Å². The second-order valence-electron chi connectivity index (χ2n) is 9.98. The number of ether oxygens (including phenoxy) is 1. The normalized spacial score (nSPS) is 16.1. The van der Waals surface area contributed by atoms with E-state index in [0.717, 1.165) is 6.07 Å². The molecule has 216 valence electrons. The van der Waals surface area contributed by atoms with Gasteiger partial charge in [0.2, 0.25) is 5.91 Å². The van der Waals surface area contributed by atoms with Gasteiger partial charge in [-0.1, -0.05) is 0 Å². The summed E-state index contributed by atoms with van der Waals surface area (Å²) in [6.45, 7) is 1.07. The van der Waals surface area contributed by atoms with Gasteiger partial charge in [-0.2, -0.15) is 0 Å². The molecule has 1 amide bonds. The molecular weight excluding hydrogens is 532 g/mol. The first-order valence-electron chi connectivity index (χ1n) is 13.0. The summed E-state index contributed by atoms with van der Waals surface area (Å²) in [5.41, 5.74) is 1.60. The molecule has 8 nitrogen and oxygen atoms in total. The van der Waals surface area contributed by atoms with Crippen LogP contribution in [-0.2, 0) is 11.4 Å². The molecule has 1 atom stereocenters. The summed E-state index contributed by atoms with van der Waals surface area (Å²) < 4.78 is 61.9. The smallest absolute Gasteiger partial charge is 0.249 e. The number of anilines is 1. The van der Waals surface area contributed by atoms with Gasteiger partial charge in [-0.05, 0) is 57.0 Å². The van der Waals surface area contributed by atoms with Crippen molar-refractivity contribution in [1.29, 1.82) is 0 Å². The molecule has 3 aromatic rings. The van der Waals surface area contributed by atoms with Crippen LogP contribution in [0.25, 0.3) is 10.9 Å². The Morgan fingerprint density at radius 2 is 1.95 bits per heavy atom. The van der Waals surface area contributed by atoms with Crippen LogP contribution < -0.4 is 15.5 Å². The number of pyridine rings is 1. The van der Waals surface area contributed by atoms with Crippen LogP contribution in [-0.4, -0.2) is 59.4 Å². The Bertz CT molecular complexity index is 1350. The first-order chi connectivity index (χ1) is 19.2. The molecule has 0 saturated carbocycles. The lowest BCUT2D eigenvalue weighted by Crippen LogP contribution is -2.49. The molecule has 0 spiro atoms. The zero-order chi connectivity index (χ0) is 28.9. The molecule has 0 unspecified atom stereocenters. The largest absolute Gasteiger partial charge is 0.497 e. The third-order valence-corrected chi connectivity index (χ3v) is 7.69. The monoisotopic (exact) mass is 564 g/mol. The number of hydrogen-bond acceptors (Lipinski definition) is 7. The highest BCUT2D eigenvalue weighted by molar-refractivity contribution is 5.85. The number of aliphatic hydroxyl groups excluding tert-OH is 1. The van der Waals surface area contributed by atoms with Crippen molar-refractivity contribution < 1.29 is 37.4 Å². The van der Waals surface area contributed by atoms with Gasteiger partial charge in [0.25, 0.3) is 0 Å². The van der Waals surface area contributed by atoms with Crippen LogP contribution in [0.4, 0.5) is 23.2 Å². The molecule has 4 N–H and O–H groups in total. The third-order valence-electron chi connectivity index (χ3n) is 7.69. The van der Waals surface area contributed by atoms with Gasteiger partial charge < -0.3 is 20.1 Å². The highest BCUT2D eigenvalue weighted by atomic mass is 19.2. The summed E-state index contributed by atoms with van der Waals surface area (Å²) in [7, 11) is 1.50. The number of nitrogens with one attached hydrogen (secondary N) is 2. The summed E-state index contributed by atoms with van der Waals surface area (Å²) in [6.07, 6.45) is 0.664. The van der Waals surface area contributed by atoms with Gasteiger partial charge >= 0.3 is 0 Å². The maximum absolute atomic E-state index is 15.9. The van der Waals surface area contributed by atoms with Crippen molar-refractivity contribution in [3.63, 3.8) is 0 Å². The second kappa shape index (κ2) is 12.8. The van der Waals surface area contributed by atoms with Crippen LogP contribution in [0.15, 0.2) is 36.5 Å². The van der Waals surface area contributed by atoms with E-state index in [2.05, 4.69) is 10.3 Å². The molecule has 1 saturated heterocycles. The first kappa shape index (κ1) is 29.5. The molecule has 1 fully saturated rings. The Balaban J connectivity index is 1.42. The van der Waals surface area contributed by atoms with Crippen molar-refractivity contribution in [2.24, 2.45) is 5.41 Å². The summed E-state index contributed by atoms with van der Waals surface area (Å²) >= 11 is 0. The molecule has 1 aromatic heterocycles. The molecule has 1 aliphatic rings. The minimum absolute atomic E-state index is 0.0390. The Morgan fingerprint density at radius 1 is 1.20 bits per heavy atom. The molecule has 0 radical (unpaired) electrons. The van der Waals surface area contributed by atoms with E-state index in [4.69, 9.17) is 4.74 Å². The predicted molar refractivity (Wildman–Crippen MR) is 140 cm³/mol. The molecule has 0 aliphatic carbocycles. The average Bonchev–Trinajstić information content (AvgIpc) is 2.97. The van der Waals surface area contributed by atoms with Crippen LogP contribution in [0.3, 0.4) is 0 Å². The predicted octanol–water partition coefficient (Wildman–Crippen LogP) is 4.64. The minimum atomic E-state index is -1.52. The second-order valence-corrected chi connectivity index (χ2v) is 9.98. The quantitative estimate of drug-likeness (QED) is 0.116. The number of hydrogen-bond donors (Lipinski definition) is 4. The number of benzene rings is 2. The fraction of sp³-hybridized carbons (Fsp3) is 0.429. The van der Waals surface area contributed by atoms with Crippen molar-refractivity contribution in [3.05, 3.63) is 65.1 Å². The Labute approximate surface area is 228 Å². The van der Waals surface area contributed by atoms with Crippen molar-refractivity contribution >= 4 is 22.5 Å². The first-order valence-corrected chi connectivity index (χ1v) is 13.0. The Kier molecular flexibility index (Phi) is 9.44. The summed E-state index contributed by atoms with van der Waals surface area (Å²) in [6, 6.07) is 6.43. The summed E-state index contributed by atoms with van der Waals surface area (Å²) in [5, 5.41) is 22.5. The maximum atomic E-state index is 15.9. The van der Waals surface area contributed by atoms with E-state index in [-0.39, 0.29) is 30.6 Å². The molecule has 40 heavy (non-hydrogen) atoms. The highest BCUT2D eigenvalue weighted by Gasteiger charge is 2.41. The number of carbonyl (C=O) groups is 1. The number of halogens is 4. The zero-order valence-corrected chi connectivity index (χ0v) is 22.0. The van der Waals surface area contributed by atoms with Gasteiger partial charge in [-0.3, -0.25) is 15.0 Å². The SMILES string of the molecule is COc1ccc2ncc(CO)c([C@H](F)CCC3(C(=O)NO)CCN(CCNc4cc(F)cc(F)c4F)CC3)c2c1. The van der Waals surface area contributed by atoms with E-state index >= 15 is 4.39 Å². The standard InChI is InChI=1S/C28H32F4N4O4/c1-40-19-2-3-23-20(14-19)25(17(16-37)15-34-23)21(30)4-5-28(27(38)35-39)6-9-36(10-7-28)11-8-33-24-13-18(29)12-22(31)26(24)32/h2-3,12-15,21,33,37,39H,4-11,16H2,1H3,(H,35,38)/t21-/m1/s1. The number of piperidine rings is 1. The number of amides is 1. The van der Waals surface area contributed by atoms with Crippen LogP contribution >= 0.6 is 0 Å². The minimum Gasteiger partial charge on any atom is -0.497 e. The van der Waals surface area contributed by atoms with Gasteiger partial charge in [-0.25, -0.2) is 23.0 Å². The van der Waals surface area contributed by atoms with E-state index in [0.29, 0.717) is 60.8 Å². The fourth-order valence-electron chi connectivity index (χ4n) is 5.35. The summed E-state index contributed by atoms with van der Waals surface area (Å²) in [5.74, 6) is -3.42.